The minimum atomic E-state index is -0.0280. The summed E-state index contributed by atoms with van der Waals surface area (Å²) in [7, 11) is 0. The van der Waals surface area contributed by atoms with Gasteiger partial charge >= 0.3 is 0 Å². The van der Waals surface area contributed by atoms with E-state index in [4.69, 9.17) is 5.73 Å². The van der Waals surface area contributed by atoms with Crippen molar-refractivity contribution in [3.63, 3.8) is 0 Å². The van der Waals surface area contributed by atoms with Crippen LogP contribution in [0.1, 0.15) is 49.8 Å². The van der Waals surface area contributed by atoms with Gasteiger partial charge in [0.15, 0.2) is 0 Å². The Bertz CT molecular complexity index is 789. The zero-order valence-corrected chi connectivity index (χ0v) is 15.9. The van der Waals surface area contributed by atoms with Gasteiger partial charge < -0.3 is 15.6 Å². The van der Waals surface area contributed by atoms with E-state index in [9.17, 15) is 4.79 Å². The maximum absolute atomic E-state index is 12.6. The van der Waals surface area contributed by atoms with Crippen molar-refractivity contribution in [2.75, 3.05) is 31.9 Å². The van der Waals surface area contributed by atoms with Gasteiger partial charge in [-0.3, -0.25) is 14.8 Å². The molecule has 4 heterocycles. The molecule has 1 saturated heterocycles. The molecule has 0 aromatic carbocycles. The Hall–Kier alpha value is -2.42. The Morgan fingerprint density at radius 2 is 2.15 bits per heavy atom. The first-order valence-electron chi connectivity index (χ1n) is 9.84. The number of rotatable bonds is 5. The lowest BCUT2D eigenvalue weighted by Crippen LogP contribution is -2.57. The van der Waals surface area contributed by atoms with Crippen molar-refractivity contribution in [3.8, 4) is 0 Å². The lowest BCUT2D eigenvalue weighted by atomic mass is 9.78. The maximum atomic E-state index is 12.6. The number of likely N-dealkylation sites (tertiary alicyclic amines) is 1. The second-order valence-corrected chi connectivity index (χ2v) is 7.52. The predicted molar refractivity (Wildman–Crippen MR) is 101 cm³/mol. The Kier molecular flexibility index (Phi) is 4.86. The van der Waals surface area contributed by atoms with Crippen LogP contribution in [0.2, 0.25) is 0 Å². The summed E-state index contributed by atoms with van der Waals surface area (Å²) in [4.78, 5) is 29.3. The molecular formula is C18H28N8O. The number of carbonyl (C=O) groups excluding carboxylic acids is 1. The predicted octanol–water partition coefficient (Wildman–Crippen LogP) is 0.829. The fourth-order valence-corrected chi connectivity index (χ4v) is 4.60. The number of nitrogens with one attached hydrogen (secondary N) is 2. The summed E-state index contributed by atoms with van der Waals surface area (Å²) in [6, 6.07) is 0. The summed E-state index contributed by atoms with van der Waals surface area (Å²) in [5, 5.41) is 6.57. The molecule has 2 aromatic rings. The van der Waals surface area contributed by atoms with Gasteiger partial charge in [0.05, 0.1) is 17.6 Å². The normalized spacial score (nSPS) is 19.4. The first-order valence-corrected chi connectivity index (χ1v) is 9.84. The molecule has 0 atom stereocenters. The van der Waals surface area contributed by atoms with Crippen LogP contribution in [0.4, 0.5) is 5.95 Å². The molecule has 0 radical (unpaired) electrons. The fourth-order valence-electron chi connectivity index (χ4n) is 4.60. The highest BCUT2D eigenvalue weighted by Crippen LogP contribution is 2.42. The lowest BCUT2D eigenvalue weighted by molar-refractivity contribution is -0.134. The number of piperidine rings is 1. The number of anilines is 1. The zero-order chi connectivity index (χ0) is 18.9. The molecule has 0 aliphatic carbocycles. The van der Waals surface area contributed by atoms with Gasteiger partial charge in [0, 0.05) is 44.6 Å². The number of imidazole rings is 1. The lowest BCUT2D eigenvalue weighted by Gasteiger charge is -2.50. The second-order valence-electron chi connectivity index (χ2n) is 7.52. The van der Waals surface area contributed by atoms with Crippen molar-refractivity contribution in [2.45, 2.75) is 51.0 Å². The van der Waals surface area contributed by atoms with Gasteiger partial charge in [-0.05, 0) is 25.8 Å². The van der Waals surface area contributed by atoms with E-state index in [2.05, 4.69) is 37.0 Å². The van der Waals surface area contributed by atoms with E-state index in [1.807, 2.05) is 11.2 Å². The number of hydrogen-bond donors (Lipinski definition) is 3. The molecule has 2 aliphatic rings. The van der Waals surface area contributed by atoms with Crippen molar-refractivity contribution < 1.29 is 4.79 Å². The third kappa shape index (κ3) is 3.31. The van der Waals surface area contributed by atoms with Crippen LogP contribution in [-0.4, -0.2) is 67.0 Å². The van der Waals surface area contributed by atoms with Crippen molar-refractivity contribution in [1.29, 1.82) is 0 Å². The average molecular weight is 372 g/mol. The molecule has 1 spiro atoms. The Labute approximate surface area is 158 Å². The van der Waals surface area contributed by atoms with Crippen molar-refractivity contribution in [1.82, 2.24) is 34.9 Å². The molecule has 1 amide bonds. The van der Waals surface area contributed by atoms with Crippen LogP contribution < -0.4 is 5.73 Å². The van der Waals surface area contributed by atoms with Gasteiger partial charge in [-0.1, -0.05) is 6.92 Å². The van der Waals surface area contributed by atoms with E-state index in [1.165, 1.54) is 11.4 Å². The summed E-state index contributed by atoms with van der Waals surface area (Å²) in [5.41, 5.74) is 7.95. The van der Waals surface area contributed by atoms with Gasteiger partial charge in [0.2, 0.25) is 11.9 Å². The third-order valence-corrected chi connectivity index (χ3v) is 5.96. The molecule has 146 valence electrons. The van der Waals surface area contributed by atoms with Crippen molar-refractivity contribution >= 4 is 11.9 Å². The van der Waals surface area contributed by atoms with Crippen LogP contribution in [0.3, 0.4) is 0 Å². The molecule has 0 unspecified atom stereocenters. The summed E-state index contributed by atoms with van der Waals surface area (Å²) in [5.74, 6) is 1.05. The minimum Gasteiger partial charge on any atom is -0.367 e. The van der Waals surface area contributed by atoms with Gasteiger partial charge in [0.25, 0.3) is 0 Å². The Morgan fingerprint density at radius 1 is 1.33 bits per heavy atom. The zero-order valence-electron chi connectivity index (χ0n) is 15.9. The number of fused-ring (bicyclic) bond motifs is 2. The topological polar surface area (TPSA) is 120 Å². The van der Waals surface area contributed by atoms with Crippen LogP contribution in [0, 0.1) is 0 Å². The summed E-state index contributed by atoms with van der Waals surface area (Å²) in [6.07, 6.45) is 6.81. The van der Waals surface area contributed by atoms with Gasteiger partial charge in [-0.2, -0.15) is 4.98 Å². The second kappa shape index (κ2) is 7.30. The highest BCUT2D eigenvalue weighted by atomic mass is 16.2. The summed E-state index contributed by atoms with van der Waals surface area (Å²) < 4.78 is 0. The molecule has 0 saturated carbocycles. The number of amides is 1. The summed E-state index contributed by atoms with van der Waals surface area (Å²) in [6.45, 7) is 5.90. The Balaban J connectivity index is 1.41. The smallest absolute Gasteiger partial charge is 0.239 e. The van der Waals surface area contributed by atoms with E-state index in [1.54, 1.807) is 0 Å². The standard InChI is InChI=1S/C18H28N8O/c1-2-8-26-9-5-13-16(21-12-20-13)18(26)6-10-25(11-7-18)15(27)4-3-14-22-17(19)24-23-14/h12H,2-11H2,1H3,(H,20,21)(H3,19,22,23,24). The number of aromatic nitrogens is 5. The number of nitrogens with zero attached hydrogens (tertiary/aromatic N) is 5. The van der Waals surface area contributed by atoms with E-state index in [0.717, 1.165) is 51.9 Å². The van der Waals surface area contributed by atoms with Gasteiger partial charge in [-0.15, -0.1) is 5.10 Å². The molecule has 2 aromatic heterocycles. The maximum Gasteiger partial charge on any atom is 0.239 e. The van der Waals surface area contributed by atoms with Crippen LogP contribution >= 0.6 is 0 Å². The van der Waals surface area contributed by atoms with E-state index >= 15 is 0 Å². The van der Waals surface area contributed by atoms with E-state index in [-0.39, 0.29) is 17.4 Å². The highest BCUT2D eigenvalue weighted by molar-refractivity contribution is 5.76. The van der Waals surface area contributed by atoms with Crippen LogP contribution in [-0.2, 0) is 23.2 Å². The van der Waals surface area contributed by atoms with Crippen molar-refractivity contribution in [3.05, 3.63) is 23.5 Å². The largest absolute Gasteiger partial charge is 0.367 e. The molecular weight excluding hydrogens is 344 g/mol. The SMILES string of the molecule is CCCN1CCc2[nH]cnc2C12CCN(C(=O)CCc1nc(N)n[nH]1)CC2. The quantitative estimate of drug-likeness (QED) is 0.715. The van der Waals surface area contributed by atoms with Gasteiger partial charge in [-0.25, -0.2) is 4.98 Å². The van der Waals surface area contributed by atoms with Crippen LogP contribution in [0.5, 0.6) is 0 Å². The number of hydrogen-bond acceptors (Lipinski definition) is 6. The molecule has 4 rings (SSSR count). The number of aromatic amines is 2. The molecule has 9 heteroatoms. The molecule has 4 N–H and O–H groups in total. The number of nitrogen functional groups attached to an aromatic ring is 1. The molecule has 27 heavy (non-hydrogen) atoms. The van der Waals surface area contributed by atoms with E-state index in [0.29, 0.717) is 18.7 Å². The third-order valence-electron chi connectivity index (χ3n) is 5.96. The average Bonchev–Trinajstić information content (AvgIpc) is 3.32. The molecule has 2 aliphatic heterocycles. The Morgan fingerprint density at radius 3 is 2.85 bits per heavy atom. The fraction of sp³-hybridized carbons (Fsp3) is 0.667. The summed E-state index contributed by atoms with van der Waals surface area (Å²) >= 11 is 0. The van der Waals surface area contributed by atoms with Gasteiger partial charge in [0.1, 0.15) is 5.82 Å². The number of H-pyrrole nitrogens is 2. The first kappa shape index (κ1) is 18.0. The molecule has 1 fully saturated rings. The van der Waals surface area contributed by atoms with Crippen molar-refractivity contribution in [2.24, 2.45) is 0 Å². The number of carbonyl (C=O) groups is 1. The van der Waals surface area contributed by atoms with E-state index < -0.39 is 0 Å². The number of aryl methyl sites for hydroxylation is 1. The van der Waals surface area contributed by atoms with Crippen LogP contribution in [0.15, 0.2) is 6.33 Å². The molecule has 0 bridgehead atoms. The molecule has 9 nitrogen and oxygen atoms in total. The highest BCUT2D eigenvalue weighted by Gasteiger charge is 2.46. The monoisotopic (exact) mass is 372 g/mol. The first-order chi connectivity index (χ1) is 13.1. The van der Waals surface area contributed by atoms with Crippen LogP contribution in [0.25, 0.3) is 0 Å². The number of nitrogens with two attached hydrogens (primary N) is 1. The minimum absolute atomic E-state index is 0.0280.